The van der Waals surface area contributed by atoms with Gasteiger partial charge in [-0.2, -0.15) is 0 Å². The first-order chi connectivity index (χ1) is 15.9. The number of ether oxygens (including phenoxy) is 1. The van der Waals surface area contributed by atoms with Crippen LogP contribution < -0.4 is 4.74 Å². The molecule has 0 bridgehead atoms. The first-order valence-corrected chi connectivity index (χ1v) is 10.5. The minimum atomic E-state index is -4.80. The molecular weight excluding hydrogens is 423 g/mol. The minimum absolute atomic E-state index is 0.238. The van der Waals surface area contributed by atoms with Gasteiger partial charge in [-0.25, -0.2) is 0 Å². The van der Waals surface area contributed by atoms with Gasteiger partial charge in [0, 0.05) is 23.9 Å². The molecule has 1 aromatic heterocycles. The molecule has 4 rings (SSSR count). The highest BCUT2D eigenvalue weighted by Gasteiger charge is 2.33. The molecule has 2 nitrogen and oxygen atoms in total. The fourth-order valence-corrected chi connectivity index (χ4v) is 3.84. The van der Waals surface area contributed by atoms with Crippen LogP contribution in [-0.2, 0) is 6.42 Å². The SMILES string of the molecule is Cc1cccnc1CC(=C(c1ccccc1)c1ccccc1)c1ccccc1OC(F)(F)F. The number of halogens is 3. The molecule has 0 saturated carbocycles. The zero-order valence-corrected chi connectivity index (χ0v) is 18.0. The zero-order valence-electron chi connectivity index (χ0n) is 18.0. The number of para-hydroxylation sites is 1. The molecule has 0 fully saturated rings. The molecule has 166 valence electrons. The topological polar surface area (TPSA) is 22.1 Å². The van der Waals surface area contributed by atoms with Crippen LogP contribution in [0.25, 0.3) is 11.1 Å². The summed E-state index contributed by atoms with van der Waals surface area (Å²) in [6.07, 6.45) is -2.77. The first kappa shape index (κ1) is 22.3. The minimum Gasteiger partial charge on any atom is -0.405 e. The second kappa shape index (κ2) is 9.74. The van der Waals surface area contributed by atoms with Gasteiger partial charge >= 0.3 is 6.36 Å². The molecule has 0 amide bonds. The predicted molar refractivity (Wildman–Crippen MR) is 125 cm³/mol. The number of aryl methyl sites for hydroxylation is 1. The zero-order chi connectivity index (χ0) is 23.3. The molecule has 0 N–H and O–H groups in total. The molecule has 0 aliphatic rings. The van der Waals surface area contributed by atoms with Crippen LogP contribution in [0.1, 0.15) is 27.9 Å². The van der Waals surface area contributed by atoms with Crippen molar-refractivity contribution >= 4 is 11.1 Å². The van der Waals surface area contributed by atoms with Crippen LogP contribution in [-0.4, -0.2) is 11.3 Å². The van der Waals surface area contributed by atoms with Crippen LogP contribution in [0.15, 0.2) is 103 Å². The second-order valence-electron chi connectivity index (χ2n) is 7.57. The van der Waals surface area contributed by atoms with Crippen molar-refractivity contribution in [2.24, 2.45) is 0 Å². The van der Waals surface area contributed by atoms with Crippen LogP contribution in [0.4, 0.5) is 13.2 Å². The smallest absolute Gasteiger partial charge is 0.405 e. The Labute approximate surface area is 191 Å². The van der Waals surface area contributed by atoms with Gasteiger partial charge in [-0.15, -0.1) is 13.2 Å². The van der Waals surface area contributed by atoms with E-state index < -0.39 is 6.36 Å². The lowest BCUT2D eigenvalue weighted by molar-refractivity contribution is -0.274. The molecule has 3 aromatic carbocycles. The molecule has 0 spiro atoms. The Morgan fingerprint density at radius 1 is 0.758 bits per heavy atom. The Hall–Kier alpha value is -3.86. The van der Waals surface area contributed by atoms with Crippen molar-refractivity contribution in [2.75, 3.05) is 0 Å². The van der Waals surface area contributed by atoms with E-state index in [9.17, 15) is 13.2 Å². The molecule has 0 unspecified atom stereocenters. The summed E-state index contributed by atoms with van der Waals surface area (Å²) in [5.41, 5.74) is 5.46. The Balaban J connectivity index is 2.03. The molecular formula is C28H22F3NO. The number of hydrogen-bond donors (Lipinski definition) is 0. The summed E-state index contributed by atoms with van der Waals surface area (Å²) in [4.78, 5) is 4.52. The molecule has 1 heterocycles. The van der Waals surface area contributed by atoms with Crippen molar-refractivity contribution in [1.29, 1.82) is 0 Å². The van der Waals surface area contributed by atoms with E-state index in [1.807, 2.05) is 79.7 Å². The maximum absolute atomic E-state index is 13.3. The van der Waals surface area contributed by atoms with Crippen LogP contribution in [0.5, 0.6) is 5.75 Å². The lowest BCUT2D eigenvalue weighted by Gasteiger charge is -2.21. The van der Waals surface area contributed by atoms with E-state index in [2.05, 4.69) is 9.72 Å². The number of alkyl halides is 3. The maximum Gasteiger partial charge on any atom is 0.573 e. The van der Waals surface area contributed by atoms with Crippen LogP contribution in [0, 0.1) is 6.92 Å². The highest BCUT2D eigenvalue weighted by molar-refractivity contribution is 6.00. The number of aromatic nitrogens is 1. The molecule has 33 heavy (non-hydrogen) atoms. The van der Waals surface area contributed by atoms with Gasteiger partial charge in [0.2, 0.25) is 0 Å². The molecule has 0 saturated heterocycles. The highest BCUT2D eigenvalue weighted by atomic mass is 19.4. The summed E-state index contributed by atoms with van der Waals surface area (Å²) < 4.78 is 44.3. The lowest BCUT2D eigenvalue weighted by Crippen LogP contribution is -2.18. The van der Waals surface area contributed by atoms with Gasteiger partial charge < -0.3 is 4.74 Å². The van der Waals surface area contributed by atoms with E-state index in [1.165, 1.54) is 6.07 Å². The monoisotopic (exact) mass is 445 g/mol. The second-order valence-corrected chi connectivity index (χ2v) is 7.57. The van der Waals surface area contributed by atoms with Gasteiger partial charge in [-0.1, -0.05) is 84.9 Å². The summed E-state index contributed by atoms with van der Waals surface area (Å²) in [6, 6.07) is 29.4. The van der Waals surface area contributed by atoms with E-state index in [0.717, 1.165) is 28.0 Å². The number of pyridine rings is 1. The first-order valence-electron chi connectivity index (χ1n) is 10.5. The third-order valence-electron chi connectivity index (χ3n) is 5.33. The normalized spacial score (nSPS) is 11.2. The fraction of sp³-hybridized carbons (Fsp3) is 0.107. The van der Waals surface area contributed by atoms with Gasteiger partial charge in [0.25, 0.3) is 0 Å². The quantitative estimate of drug-likeness (QED) is 0.287. The van der Waals surface area contributed by atoms with Crippen molar-refractivity contribution in [3.05, 3.63) is 131 Å². The summed E-state index contributed by atoms with van der Waals surface area (Å²) in [5, 5.41) is 0. The van der Waals surface area contributed by atoms with Gasteiger partial charge in [0.05, 0.1) is 0 Å². The highest BCUT2D eigenvalue weighted by Crippen LogP contribution is 2.39. The maximum atomic E-state index is 13.3. The fourth-order valence-electron chi connectivity index (χ4n) is 3.84. The molecule has 0 aliphatic heterocycles. The van der Waals surface area contributed by atoms with E-state index in [4.69, 9.17) is 0 Å². The third-order valence-corrected chi connectivity index (χ3v) is 5.33. The Bertz CT molecular complexity index is 1210. The van der Waals surface area contributed by atoms with Crippen LogP contribution in [0.2, 0.25) is 0 Å². The van der Waals surface area contributed by atoms with E-state index in [1.54, 1.807) is 24.4 Å². The van der Waals surface area contributed by atoms with Crippen molar-refractivity contribution in [1.82, 2.24) is 4.98 Å². The van der Waals surface area contributed by atoms with Crippen molar-refractivity contribution in [2.45, 2.75) is 19.7 Å². The summed E-state index contributed by atoms with van der Waals surface area (Å²) in [5.74, 6) is -0.238. The predicted octanol–water partition coefficient (Wildman–Crippen LogP) is 7.49. The van der Waals surface area contributed by atoms with Gasteiger partial charge in [0.1, 0.15) is 5.75 Å². The molecule has 0 radical (unpaired) electrons. The van der Waals surface area contributed by atoms with Crippen molar-refractivity contribution in [3.8, 4) is 5.75 Å². The number of rotatable bonds is 6. The largest absolute Gasteiger partial charge is 0.573 e. The van der Waals surface area contributed by atoms with Crippen molar-refractivity contribution < 1.29 is 17.9 Å². The summed E-state index contributed by atoms with van der Waals surface area (Å²) in [7, 11) is 0. The molecule has 5 heteroatoms. The molecule has 0 aliphatic carbocycles. The number of hydrogen-bond acceptors (Lipinski definition) is 2. The Morgan fingerprint density at radius 3 is 1.91 bits per heavy atom. The van der Waals surface area contributed by atoms with Gasteiger partial charge in [-0.3, -0.25) is 4.98 Å². The van der Waals surface area contributed by atoms with Crippen molar-refractivity contribution in [3.63, 3.8) is 0 Å². The summed E-state index contributed by atoms with van der Waals surface area (Å²) >= 11 is 0. The average molecular weight is 445 g/mol. The van der Waals surface area contributed by atoms with E-state index in [-0.39, 0.29) is 5.75 Å². The number of benzene rings is 3. The molecule has 0 atom stereocenters. The van der Waals surface area contributed by atoms with Crippen LogP contribution in [0.3, 0.4) is 0 Å². The standard InChI is InChI=1S/C28H22F3NO/c1-20-11-10-18-32-25(20)19-24(23-16-8-9-17-26(23)33-28(29,30)31)27(21-12-4-2-5-13-21)22-14-6-3-7-15-22/h2-18H,19H2,1H3. The third kappa shape index (κ3) is 5.50. The molecule has 4 aromatic rings. The Morgan fingerprint density at radius 2 is 1.33 bits per heavy atom. The van der Waals surface area contributed by atoms with Gasteiger partial charge in [-0.05, 0) is 46.9 Å². The van der Waals surface area contributed by atoms with Gasteiger partial charge in [0.15, 0.2) is 0 Å². The van der Waals surface area contributed by atoms with E-state index >= 15 is 0 Å². The number of allylic oxidation sites excluding steroid dienone is 1. The van der Waals surface area contributed by atoms with E-state index in [0.29, 0.717) is 17.6 Å². The summed E-state index contributed by atoms with van der Waals surface area (Å²) in [6.45, 7) is 1.95. The average Bonchev–Trinajstić information content (AvgIpc) is 2.81. The Kier molecular flexibility index (Phi) is 6.59. The van der Waals surface area contributed by atoms with Crippen LogP contribution >= 0.6 is 0 Å². The lowest BCUT2D eigenvalue weighted by atomic mass is 9.86. The number of nitrogens with zero attached hydrogens (tertiary/aromatic N) is 1.